The van der Waals surface area contributed by atoms with Crippen molar-refractivity contribution in [2.45, 2.75) is 31.4 Å². The SMILES string of the molecule is CO/N=C(/NCCCC(C)(C)S)N(C)C. The van der Waals surface area contributed by atoms with Gasteiger partial charge in [-0.3, -0.25) is 0 Å². The number of hydrogen-bond acceptors (Lipinski definition) is 3. The Hall–Kier alpha value is -0.580. The summed E-state index contributed by atoms with van der Waals surface area (Å²) in [5.74, 6) is 0.745. The van der Waals surface area contributed by atoms with Gasteiger partial charge in [-0.25, -0.2) is 0 Å². The summed E-state index contributed by atoms with van der Waals surface area (Å²) in [4.78, 5) is 6.62. The van der Waals surface area contributed by atoms with Gasteiger partial charge in [-0.15, -0.1) is 0 Å². The highest BCUT2D eigenvalue weighted by molar-refractivity contribution is 7.81. The van der Waals surface area contributed by atoms with Crippen molar-refractivity contribution >= 4 is 18.6 Å². The van der Waals surface area contributed by atoms with Crippen LogP contribution in [0, 0.1) is 0 Å². The summed E-state index contributed by atoms with van der Waals surface area (Å²) < 4.78 is 0.0956. The van der Waals surface area contributed by atoms with E-state index in [4.69, 9.17) is 4.84 Å². The third kappa shape index (κ3) is 8.42. The summed E-state index contributed by atoms with van der Waals surface area (Å²) in [6, 6.07) is 0. The normalized spacial score (nSPS) is 12.5. The molecule has 0 saturated carbocycles. The molecule has 0 saturated heterocycles. The molecular formula is C10H23N3OS. The Labute approximate surface area is 98.5 Å². The molecule has 0 fully saturated rings. The molecule has 0 aromatic heterocycles. The van der Waals surface area contributed by atoms with Crippen LogP contribution in [-0.4, -0.2) is 43.4 Å². The average Bonchev–Trinajstić information content (AvgIpc) is 2.08. The van der Waals surface area contributed by atoms with Crippen molar-refractivity contribution in [3.05, 3.63) is 0 Å². The van der Waals surface area contributed by atoms with Gasteiger partial charge in [0.05, 0.1) is 0 Å². The van der Waals surface area contributed by atoms with Crippen LogP contribution in [-0.2, 0) is 4.84 Å². The van der Waals surface area contributed by atoms with Crippen molar-refractivity contribution in [3.8, 4) is 0 Å². The van der Waals surface area contributed by atoms with E-state index in [1.54, 1.807) is 7.11 Å². The Morgan fingerprint density at radius 2 is 2.07 bits per heavy atom. The lowest BCUT2D eigenvalue weighted by Gasteiger charge is -2.19. The van der Waals surface area contributed by atoms with Gasteiger partial charge in [-0.05, 0) is 18.0 Å². The lowest BCUT2D eigenvalue weighted by atomic mass is 10.1. The summed E-state index contributed by atoms with van der Waals surface area (Å²) in [6.07, 6.45) is 2.13. The van der Waals surface area contributed by atoms with Crippen molar-refractivity contribution in [2.75, 3.05) is 27.7 Å². The number of hydrogen-bond donors (Lipinski definition) is 2. The zero-order valence-corrected chi connectivity index (χ0v) is 11.3. The van der Waals surface area contributed by atoms with E-state index in [9.17, 15) is 0 Å². The van der Waals surface area contributed by atoms with Gasteiger partial charge < -0.3 is 15.1 Å². The highest BCUT2D eigenvalue weighted by Gasteiger charge is 2.10. The maximum absolute atomic E-state index is 4.73. The second-order valence-corrected chi connectivity index (χ2v) is 5.55. The van der Waals surface area contributed by atoms with Crippen LogP contribution in [0.2, 0.25) is 0 Å². The summed E-state index contributed by atoms with van der Waals surface area (Å²) in [6.45, 7) is 5.11. The van der Waals surface area contributed by atoms with Gasteiger partial charge in [-0.2, -0.15) is 12.6 Å². The van der Waals surface area contributed by atoms with Gasteiger partial charge in [0.15, 0.2) is 0 Å². The van der Waals surface area contributed by atoms with E-state index in [0.29, 0.717) is 0 Å². The molecule has 0 aromatic rings. The van der Waals surface area contributed by atoms with Crippen molar-refractivity contribution in [1.82, 2.24) is 10.2 Å². The molecule has 0 atom stereocenters. The number of guanidine groups is 1. The van der Waals surface area contributed by atoms with Gasteiger partial charge >= 0.3 is 0 Å². The number of thiol groups is 1. The number of oxime groups is 1. The van der Waals surface area contributed by atoms with Gasteiger partial charge in [0.2, 0.25) is 5.96 Å². The molecule has 0 amide bonds. The van der Waals surface area contributed by atoms with Gasteiger partial charge in [0, 0.05) is 25.4 Å². The van der Waals surface area contributed by atoms with E-state index in [2.05, 4.69) is 36.9 Å². The van der Waals surface area contributed by atoms with E-state index in [1.807, 2.05) is 19.0 Å². The summed E-state index contributed by atoms with van der Waals surface area (Å²) in [5, 5.41) is 7.08. The van der Waals surface area contributed by atoms with Crippen LogP contribution in [0.15, 0.2) is 5.16 Å². The summed E-state index contributed by atoms with van der Waals surface area (Å²) in [5.41, 5.74) is 0. The molecule has 0 rings (SSSR count). The highest BCUT2D eigenvalue weighted by Crippen LogP contribution is 2.18. The Kier molecular flexibility index (Phi) is 6.56. The molecule has 0 radical (unpaired) electrons. The van der Waals surface area contributed by atoms with Crippen molar-refractivity contribution in [2.24, 2.45) is 5.16 Å². The second kappa shape index (κ2) is 6.82. The number of nitrogens with one attached hydrogen (secondary N) is 1. The number of nitrogens with zero attached hydrogens (tertiary/aromatic N) is 2. The first kappa shape index (κ1) is 14.4. The van der Waals surface area contributed by atoms with Crippen molar-refractivity contribution in [1.29, 1.82) is 0 Å². The first-order valence-corrected chi connectivity index (χ1v) is 5.56. The first-order chi connectivity index (χ1) is 6.87. The molecule has 0 heterocycles. The molecule has 5 heteroatoms. The minimum atomic E-state index is 0.0956. The third-order valence-corrected chi connectivity index (χ3v) is 2.07. The molecule has 0 aliphatic carbocycles. The fourth-order valence-electron chi connectivity index (χ4n) is 1.08. The Balaban J connectivity index is 3.78. The van der Waals surface area contributed by atoms with Crippen LogP contribution in [0.1, 0.15) is 26.7 Å². The average molecular weight is 233 g/mol. The van der Waals surface area contributed by atoms with Crippen LogP contribution < -0.4 is 5.32 Å². The first-order valence-electron chi connectivity index (χ1n) is 5.11. The fourth-order valence-corrected chi connectivity index (χ4v) is 1.24. The lowest BCUT2D eigenvalue weighted by molar-refractivity contribution is 0.206. The fraction of sp³-hybridized carbons (Fsp3) is 0.900. The van der Waals surface area contributed by atoms with Gasteiger partial charge in [0.1, 0.15) is 7.11 Å². The smallest absolute Gasteiger partial charge is 0.235 e. The molecule has 0 aromatic carbocycles. The van der Waals surface area contributed by atoms with E-state index in [0.717, 1.165) is 25.3 Å². The standard InChI is InChI=1S/C10H23N3OS/c1-10(2,15)7-6-8-11-9(12-14-5)13(3)4/h15H,6-8H2,1-5H3,(H,11,12). The van der Waals surface area contributed by atoms with Crippen LogP contribution in [0.25, 0.3) is 0 Å². The lowest BCUT2D eigenvalue weighted by Crippen LogP contribution is -2.37. The second-order valence-electron chi connectivity index (χ2n) is 4.33. The molecular weight excluding hydrogens is 210 g/mol. The zero-order chi connectivity index (χ0) is 11.9. The monoisotopic (exact) mass is 233 g/mol. The molecule has 1 N–H and O–H groups in total. The quantitative estimate of drug-likeness (QED) is 0.249. The van der Waals surface area contributed by atoms with E-state index < -0.39 is 0 Å². The van der Waals surface area contributed by atoms with Crippen LogP contribution in [0.4, 0.5) is 0 Å². The molecule has 0 unspecified atom stereocenters. The summed E-state index contributed by atoms with van der Waals surface area (Å²) >= 11 is 4.47. The molecule has 0 spiro atoms. The molecule has 90 valence electrons. The predicted octanol–water partition coefficient (Wildman–Crippen LogP) is 1.54. The topological polar surface area (TPSA) is 36.9 Å². The minimum absolute atomic E-state index is 0.0956. The molecule has 4 nitrogen and oxygen atoms in total. The van der Waals surface area contributed by atoms with Crippen LogP contribution in [0.5, 0.6) is 0 Å². The van der Waals surface area contributed by atoms with E-state index in [1.165, 1.54) is 0 Å². The van der Waals surface area contributed by atoms with Gasteiger partial charge in [0.25, 0.3) is 0 Å². The van der Waals surface area contributed by atoms with Crippen molar-refractivity contribution < 1.29 is 4.84 Å². The van der Waals surface area contributed by atoms with E-state index >= 15 is 0 Å². The molecule has 0 aliphatic heterocycles. The van der Waals surface area contributed by atoms with Crippen LogP contribution >= 0.6 is 12.6 Å². The minimum Gasteiger partial charge on any atom is -0.396 e. The molecule has 0 bridgehead atoms. The Morgan fingerprint density at radius 1 is 1.47 bits per heavy atom. The van der Waals surface area contributed by atoms with Crippen molar-refractivity contribution in [3.63, 3.8) is 0 Å². The zero-order valence-electron chi connectivity index (χ0n) is 10.4. The predicted molar refractivity (Wildman–Crippen MR) is 68.4 cm³/mol. The Morgan fingerprint density at radius 3 is 2.47 bits per heavy atom. The summed E-state index contributed by atoms with van der Waals surface area (Å²) in [7, 11) is 5.39. The molecule has 0 aliphatic rings. The van der Waals surface area contributed by atoms with E-state index in [-0.39, 0.29) is 4.75 Å². The molecule has 15 heavy (non-hydrogen) atoms. The maximum Gasteiger partial charge on any atom is 0.235 e. The Bertz CT molecular complexity index is 199. The van der Waals surface area contributed by atoms with Crippen LogP contribution in [0.3, 0.4) is 0 Å². The maximum atomic E-state index is 4.73. The van der Waals surface area contributed by atoms with Gasteiger partial charge in [-0.1, -0.05) is 13.8 Å². The third-order valence-electron chi connectivity index (χ3n) is 1.85. The highest BCUT2D eigenvalue weighted by atomic mass is 32.1. The largest absolute Gasteiger partial charge is 0.396 e. The number of rotatable bonds is 5.